The van der Waals surface area contributed by atoms with Gasteiger partial charge in [0.25, 0.3) is 5.91 Å². The highest BCUT2D eigenvalue weighted by Crippen LogP contribution is 2.33. The van der Waals surface area contributed by atoms with E-state index in [1.165, 1.54) is 45.2 Å². The number of carbonyl (C=O) groups is 10. The van der Waals surface area contributed by atoms with Gasteiger partial charge in [0.1, 0.15) is 30.8 Å². The van der Waals surface area contributed by atoms with Crippen molar-refractivity contribution in [1.82, 2.24) is 45.0 Å². The molecule has 34 heteroatoms. The fourth-order valence-electron chi connectivity index (χ4n) is 12.5. The van der Waals surface area contributed by atoms with Crippen molar-refractivity contribution in [2.24, 2.45) is 35.5 Å². The predicted octanol–water partition coefficient (Wildman–Crippen LogP) is 6.15. The molecule has 2 heterocycles. The van der Waals surface area contributed by atoms with E-state index in [2.05, 4.69) is 31.3 Å². The Morgan fingerprint density at radius 1 is 0.654 bits per heavy atom. The molecule has 2 fully saturated rings. The second kappa shape index (κ2) is 39.0. The Bertz CT molecular complexity index is 3590. The van der Waals surface area contributed by atoms with Gasteiger partial charge in [0.2, 0.25) is 70.3 Å². The van der Waals surface area contributed by atoms with E-state index in [1.54, 1.807) is 108 Å². The zero-order valence-corrected chi connectivity index (χ0v) is 62.0. The van der Waals surface area contributed by atoms with Crippen molar-refractivity contribution in [3.63, 3.8) is 0 Å². The number of likely N-dealkylation sites (tertiary alicyclic amines) is 1. The first-order valence-electron chi connectivity index (χ1n) is 34.3. The maximum Gasteiger partial charge on any atom is 0.422 e. The molecule has 0 saturated carbocycles. The number of nitrogens with zero attached hydrogens (tertiary/aromatic N) is 4. The molecule has 2 saturated heterocycles. The molecule has 104 heavy (non-hydrogen) atoms. The van der Waals surface area contributed by atoms with Gasteiger partial charge >= 0.3 is 28.4 Å². The maximum atomic E-state index is 14.8. The number of halogens is 5. The molecule has 0 unspecified atom stereocenters. The number of rotatable bonds is 34. The van der Waals surface area contributed by atoms with Crippen LogP contribution in [0.15, 0.2) is 54.6 Å². The van der Waals surface area contributed by atoms with Crippen molar-refractivity contribution in [2.45, 2.75) is 182 Å². The van der Waals surface area contributed by atoms with E-state index in [1.807, 2.05) is 19.9 Å². The number of likely N-dealkylation sites (N-methyl/N-ethyl adjacent to an activating group) is 2. The molecule has 0 spiro atoms. The molecule has 0 bridgehead atoms. The molecule has 3 aromatic carbocycles. The molecule has 7 N–H and O–H groups in total. The molecule has 12 atom stereocenters. The largest absolute Gasteiger partial charge is 0.445 e. The second-order valence-corrected chi connectivity index (χ2v) is 28.9. The van der Waals surface area contributed by atoms with Gasteiger partial charge in [-0.25, -0.2) is 27.5 Å². The zero-order valence-electron chi connectivity index (χ0n) is 61.2. The van der Waals surface area contributed by atoms with E-state index < -0.39 is 203 Å². The lowest BCUT2D eigenvalue weighted by molar-refractivity contribution is -0.148. The Kier molecular flexibility index (Phi) is 32.2. The lowest BCUT2D eigenvalue weighted by atomic mass is 9.89. The Balaban J connectivity index is 1.09. The lowest BCUT2D eigenvalue weighted by Gasteiger charge is -2.41. The predicted molar refractivity (Wildman–Crippen MR) is 367 cm³/mol. The molecule has 2 aliphatic heterocycles. The Hall–Kier alpha value is -8.60. The first kappa shape index (κ1) is 86.0. The first-order chi connectivity index (χ1) is 48.8. The van der Waals surface area contributed by atoms with Crippen LogP contribution >= 0.6 is 0 Å². The van der Waals surface area contributed by atoms with Gasteiger partial charge in [-0.3, -0.25) is 43.3 Å². The molecular formula is C70H99F5N10O18S. The fraction of sp³-hybridized carbons (Fsp3) is 0.600. The summed E-state index contributed by atoms with van der Waals surface area (Å²) < 4.78 is 124. The van der Waals surface area contributed by atoms with Crippen LogP contribution in [-0.4, -0.2) is 201 Å². The van der Waals surface area contributed by atoms with Gasteiger partial charge in [-0.05, 0) is 86.5 Å². The molecular weight excluding hydrogens is 1400 g/mol. The van der Waals surface area contributed by atoms with Crippen molar-refractivity contribution in [3.8, 4) is 5.75 Å². The van der Waals surface area contributed by atoms with Crippen LogP contribution in [0.2, 0.25) is 0 Å². The molecule has 28 nitrogen and oxygen atoms in total. The van der Waals surface area contributed by atoms with E-state index in [-0.39, 0.29) is 49.3 Å². The highest BCUT2D eigenvalue weighted by molar-refractivity contribution is 7.87. The minimum Gasteiger partial charge on any atom is -0.445 e. The van der Waals surface area contributed by atoms with E-state index >= 15 is 0 Å². The Labute approximate surface area is 603 Å². The van der Waals surface area contributed by atoms with Gasteiger partial charge in [0, 0.05) is 53.6 Å². The topological polar surface area (TPSA) is 356 Å². The summed E-state index contributed by atoms with van der Waals surface area (Å²) in [5, 5.41) is 24.3. The van der Waals surface area contributed by atoms with Gasteiger partial charge in [-0.2, -0.15) is 21.5 Å². The number of carbonyl (C=O) groups excluding carboxylic acids is 10. The number of esters is 1. The van der Waals surface area contributed by atoms with Gasteiger partial charge in [0.15, 0.2) is 6.61 Å². The SMILES string of the molecule is CC[C@H](C)[C@@H]([C@@H](CC(=O)N1CCC[C@H]1[C@H](OC)[C@@H](C)C(=O)N[C@H](C)[C@@H](O)c1ccccc1)OC)N(C)C(=O)[C@@H](NC(=O)[C@H](C(C)C)N(C)C(=O)OCc1ccc(NC(=O)[C@H](C)NC(=O)[C@@H](NC(=O)COC(=O)NS(=O)(=O)N2CCC(C(=O)Oc3c(F)c(F)c(F)c(F)c3F)CC2)C(C)C)cc1)C(C)C. The molecule has 0 aromatic heterocycles. The summed E-state index contributed by atoms with van der Waals surface area (Å²) in [6, 6.07) is 8.61. The van der Waals surface area contributed by atoms with Crippen LogP contribution in [0.3, 0.4) is 0 Å². The average Bonchev–Trinajstić information content (AvgIpc) is 1.47. The number of hydrogen-bond acceptors (Lipinski definition) is 18. The summed E-state index contributed by atoms with van der Waals surface area (Å²) in [6.07, 6.45) is -3.98. The number of piperidine rings is 1. The van der Waals surface area contributed by atoms with E-state index in [9.17, 15) is 83.4 Å². The summed E-state index contributed by atoms with van der Waals surface area (Å²) in [5.41, 5.74) is 1.39. The summed E-state index contributed by atoms with van der Waals surface area (Å²) in [4.78, 5) is 140. The number of methoxy groups -OCH3 is 2. The first-order valence-corrected chi connectivity index (χ1v) is 35.8. The third-order valence-electron chi connectivity index (χ3n) is 18.7. The lowest BCUT2D eigenvalue weighted by Crippen LogP contribution is -2.60. The van der Waals surface area contributed by atoms with Gasteiger partial charge < -0.3 is 65.2 Å². The monoisotopic (exact) mass is 1490 g/mol. The average molecular weight is 1500 g/mol. The minimum atomic E-state index is -4.70. The fourth-order valence-corrected chi connectivity index (χ4v) is 13.6. The minimum absolute atomic E-state index is 0.117. The van der Waals surface area contributed by atoms with Gasteiger partial charge in [-0.15, -0.1) is 0 Å². The number of amides is 9. The molecule has 5 rings (SSSR count). The van der Waals surface area contributed by atoms with Crippen LogP contribution < -0.4 is 36.0 Å². The van der Waals surface area contributed by atoms with Crippen LogP contribution in [0.4, 0.5) is 37.2 Å². The number of anilines is 1. The summed E-state index contributed by atoms with van der Waals surface area (Å²) in [7, 11) is 1.27. The Morgan fingerprint density at radius 2 is 1.24 bits per heavy atom. The van der Waals surface area contributed by atoms with Crippen LogP contribution in [0.1, 0.15) is 132 Å². The third-order valence-corrected chi connectivity index (χ3v) is 20.2. The number of aliphatic hydroxyl groups is 1. The Morgan fingerprint density at radius 3 is 1.79 bits per heavy atom. The van der Waals surface area contributed by atoms with Crippen molar-refractivity contribution in [1.29, 1.82) is 0 Å². The summed E-state index contributed by atoms with van der Waals surface area (Å²) >= 11 is 0. The molecule has 0 aliphatic carbocycles. The maximum absolute atomic E-state index is 14.8. The molecule has 0 radical (unpaired) electrons. The molecule has 9 amide bonds. The van der Waals surface area contributed by atoms with Crippen molar-refractivity contribution in [3.05, 3.63) is 94.8 Å². The molecule has 2 aliphatic rings. The number of aliphatic hydroxyl groups excluding tert-OH is 1. The van der Waals surface area contributed by atoms with Crippen molar-refractivity contribution < 1.29 is 107 Å². The molecule has 578 valence electrons. The summed E-state index contributed by atoms with van der Waals surface area (Å²) in [6.45, 7) is 16.9. The number of ether oxygens (including phenoxy) is 5. The normalized spacial score (nSPS) is 17.5. The highest BCUT2D eigenvalue weighted by Gasteiger charge is 2.45. The van der Waals surface area contributed by atoms with Crippen LogP contribution in [-0.2, 0) is 74.1 Å². The van der Waals surface area contributed by atoms with E-state index in [0.29, 0.717) is 41.2 Å². The zero-order chi connectivity index (χ0) is 77.9. The van der Waals surface area contributed by atoms with Gasteiger partial charge in [0.05, 0.1) is 54.7 Å². The van der Waals surface area contributed by atoms with Crippen LogP contribution in [0, 0.1) is 64.6 Å². The van der Waals surface area contributed by atoms with Crippen LogP contribution in [0.25, 0.3) is 0 Å². The number of nitrogens with one attached hydrogen (secondary N) is 6. The van der Waals surface area contributed by atoms with Crippen molar-refractivity contribution >= 4 is 75.4 Å². The second-order valence-electron chi connectivity index (χ2n) is 27.2. The molecule has 3 aromatic rings. The number of benzene rings is 3. The standard InChI is InChI=1S/C70H99F5N10O18S/c1-16-39(8)59(48(99-14)33-50(87)85-30-20-23-47(85)61(100-15)40(9)63(89)76-41(10)60(88)44-21-18-17-19-22-44)82(12)67(93)57(37(4)5)80-66(92)58(38(6)7)83(13)70(96)102-34-43-24-26-46(27-25-43)78-64(90)42(11)77-65(91)56(36(2)3)79-49(86)35-101-69(95)81-104(97,98)84-31-28-45(29-32-84)68(94)103-62-54(74)52(72)51(71)53(73)55(62)75/h17-19,21-22,24-27,36-42,45,47-48,56-61,88H,16,20,23,28-35H2,1-15H3,(H,76,89)(H,77,91)(H,78,90)(H,79,86)(H,80,92)(H,81,95)/t39-,40+,41+,42-,47-,48+,56-,57-,58-,59-,60+,61+/m0/s1. The van der Waals surface area contributed by atoms with E-state index in [0.717, 1.165) is 4.90 Å². The number of hydrogen-bond donors (Lipinski definition) is 7. The van der Waals surface area contributed by atoms with Crippen molar-refractivity contribution in [2.75, 3.05) is 59.9 Å². The smallest absolute Gasteiger partial charge is 0.422 e. The van der Waals surface area contributed by atoms with Crippen LogP contribution in [0.5, 0.6) is 5.75 Å². The highest BCUT2D eigenvalue weighted by atomic mass is 32.2. The van der Waals surface area contributed by atoms with E-state index in [4.69, 9.17) is 18.9 Å². The third kappa shape index (κ3) is 22.5. The van der Waals surface area contributed by atoms with Gasteiger partial charge in [-0.1, -0.05) is 111 Å². The quantitative estimate of drug-likeness (QED) is 0.0116. The summed E-state index contributed by atoms with van der Waals surface area (Å²) in [5.74, 6) is -23.2.